The number of hydrogen-bond donors (Lipinski definition) is 1. The van der Waals surface area contributed by atoms with Crippen LogP contribution in [0.3, 0.4) is 0 Å². The fraction of sp³-hybridized carbons (Fsp3) is 0.769. The van der Waals surface area contributed by atoms with Gasteiger partial charge < -0.3 is 10.1 Å². The van der Waals surface area contributed by atoms with Gasteiger partial charge >= 0.3 is 0 Å². The average Bonchev–Trinajstić information content (AvgIpc) is 2.72. The summed E-state index contributed by atoms with van der Waals surface area (Å²) in [4.78, 5) is 0. The second kappa shape index (κ2) is 7.45. The zero-order valence-electron chi connectivity index (χ0n) is 11.5. The average molecular weight is 239 g/mol. The zero-order valence-corrected chi connectivity index (χ0v) is 11.5. The largest absolute Gasteiger partial charge is 0.383 e. The molecule has 0 fully saturated rings. The van der Waals surface area contributed by atoms with Crippen LogP contribution in [-0.2, 0) is 24.1 Å². The lowest BCUT2D eigenvalue weighted by Crippen LogP contribution is -2.33. The maximum absolute atomic E-state index is 5.09. The van der Waals surface area contributed by atoms with Crippen LogP contribution in [0.15, 0.2) is 6.07 Å². The molecule has 0 saturated carbocycles. The van der Waals surface area contributed by atoms with Crippen LogP contribution in [0, 0.1) is 0 Å². The predicted octanol–water partition coefficient (Wildman–Crippen LogP) is 1.63. The Labute approximate surface area is 104 Å². The molecule has 0 bridgehead atoms. The Morgan fingerprint density at radius 3 is 2.76 bits per heavy atom. The lowest BCUT2D eigenvalue weighted by Gasteiger charge is -2.13. The van der Waals surface area contributed by atoms with Gasteiger partial charge in [-0.3, -0.25) is 4.68 Å². The molecule has 0 radical (unpaired) electrons. The summed E-state index contributed by atoms with van der Waals surface area (Å²) >= 11 is 0. The summed E-state index contributed by atoms with van der Waals surface area (Å²) in [6.07, 6.45) is 2.05. The second-order valence-corrected chi connectivity index (χ2v) is 4.37. The Bertz CT molecular complexity index is 322. The standard InChI is InChI=1S/C13H25N3O/c1-5-12-9-13(6-2)16(15-12)8-7-14-11(3)10-17-4/h9,11,14H,5-8,10H2,1-4H3. The monoisotopic (exact) mass is 239 g/mol. The molecule has 1 atom stereocenters. The number of aromatic nitrogens is 2. The van der Waals surface area contributed by atoms with E-state index in [1.54, 1.807) is 7.11 Å². The molecule has 98 valence electrons. The van der Waals surface area contributed by atoms with Crippen molar-refractivity contribution >= 4 is 0 Å². The van der Waals surface area contributed by atoms with Gasteiger partial charge in [-0.25, -0.2) is 0 Å². The molecule has 1 aromatic rings. The highest BCUT2D eigenvalue weighted by atomic mass is 16.5. The molecule has 0 aliphatic heterocycles. The van der Waals surface area contributed by atoms with E-state index in [2.05, 4.69) is 41.9 Å². The molecule has 1 heterocycles. The molecular weight excluding hydrogens is 214 g/mol. The fourth-order valence-electron chi connectivity index (χ4n) is 1.89. The van der Waals surface area contributed by atoms with Crippen molar-refractivity contribution in [3.8, 4) is 0 Å². The number of hydrogen-bond acceptors (Lipinski definition) is 3. The molecule has 0 aliphatic carbocycles. The summed E-state index contributed by atoms with van der Waals surface area (Å²) in [6.45, 7) is 9.06. The van der Waals surface area contributed by atoms with Gasteiger partial charge in [0, 0.05) is 25.4 Å². The van der Waals surface area contributed by atoms with E-state index in [1.807, 2.05) is 0 Å². The number of ether oxygens (including phenoxy) is 1. The van der Waals surface area contributed by atoms with Crippen LogP contribution < -0.4 is 5.32 Å². The van der Waals surface area contributed by atoms with Crippen molar-refractivity contribution in [2.45, 2.75) is 46.2 Å². The summed E-state index contributed by atoms with van der Waals surface area (Å²) in [5, 5.41) is 8.01. The quantitative estimate of drug-likeness (QED) is 0.749. The van der Waals surface area contributed by atoms with Crippen molar-refractivity contribution in [3.05, 3.63) is 17.5 Å². The third kappa shape index (κ3) is 4.48. The van der Waals surface area contributed by atoms with Crippen LogP contribution >= 0.6 is 0 Å². The molecule has 4 nitrogen and oxygen atoms in total. The number of methoxy groups -OCH3 is 1. The van der Waals surface area contributed by atoms with Crippen molar-refractivity contribution in [2.75, 3.05) is 20.3 Å². The van der Waals surface area contributed by atoms with Gasteiger partial charge in [0.15, 0.2) is 0 Å². The van der Waals surface area contributed by atoms with E-state index < -0.39 is 0 Å². The highest BCUT2D eigenvalue weighted by Crippen LogP contribution is 2.05. The lowest BCUT2D eigenvalue weighted by atomic mass is 10.2. The minimum atomic E-state index is 0.395. The maximum atomic E-state index is 5.09. The Morgan fingerprint density at radius 1 is 1.41 bits per heavy atom. The van der Waals surface area contributed by atoms with Gasteiger partial charge in [-0.05, 0) is 25.8 Å². The molecule has 1 rings (SSSR count). The van der Waals surface area contributed by atoms with Gasteiger partial charge in [0.2, 0.25) is 0 Å². The third-order valence-corrected chi connectivity index (χ3v) is 2.87. The van der Waals surface area contributed by atoms with Crippen molar-refractivity contribution in [1.82, 2.24) is 15.1 Å². The van der Waals surface area contributed by atoms with Crippen LogP contribution in [0.1, 0.15) is 32.2 Å². The first kappa shape index (κ1) is 14.2. The summed E-state index contributed by atoms with van der Waals surface area (Å²) in [5.41, 5.74) is 2.51. The van der Waals surface area contributed by atoms with E-state index in [-0.39, 0.29) is 0 Å². The Morgan fingerprint density at radius 2 is 2.18 bits per heavy atom. The van der Waals surface area contributed by atoms with E-state index in [0.29, 0.717) is 6.04 Å². The van der Waals surface area contributed by atoms with E-state index in [1.165, 1.54) is 11.4 Å². The molecule has 0 aromatic carbocycles. The maximum Gasteiger partial charge on any atom is 0.0624 e. The Hall–Kier alpha value is -0.870. The van der Waals surface area contributed by atoms with E-state index >= 15 is 0 Å². The fourth-order valence-corrected chi connectivity index (χ4v) is 1.89. The molecule has 17 heavy (non-hydrogen) atoms. The molecule has 1 aromatic heterocycles. The summed E-state index contributed by atoms with van der Waals surface area (Å²) in [7, 11) is 1.73. The zero-order chi connectivity index (χ0) is 12.7. The van der Waals surface area contributed by atoms with E-state index in [9.17, 15) is 0 Å². The molecule has 1 N–H and O–H groups in total. The minimum Gasteiger partial charge on any atom is -0.383 e. The number of nitrogens with one attached hydrogen (secondary N) is 1. The number of aryl methyl sites for hydroxylation is 2. The first-order valence-electron chi connectivity index (χ1n) is 6.49. The number of rotatable bonds is 8. The van der Waals surface area contributed by atoms with Crippen LogP contribution in [0.2, 0.25) is 0 Å². The third-order valence-electron chi connectivity index (χ3n) is 2.87. The molecule has 0 aliphatic rings. The van der Waals surface area contributed by atoms with Gasteiger partial charge in [0.05, 0.1) is 18.8 Å². The van der Waals surface area contributed by atoms with Crippen LogP contribution in [0.5, 0.6) is 0 Å². The molecule has 0 saturated heterocycles. The topological polar surface area (TPSA) is 39.1 Å². The number of nitrogens with zero attached hydrogens (tertiary/aromatic N) is 2. The van der Waals surface area contributed by atoms with Gasteiger partial charge in [-0.1, -0.05) is 13.8 Å². The Balaban J connectivity index is 2.42. The van der Waals surface area contributed by atoms with Crippen molar-refractivity contribution in [2.24, 2.45) is 0 Å². The smallest absolute Gasteiger partial charge is 0.0624 e. The van der Waals surface area contributed by atoms with Gasteiger partial charge in [-0.2, -0.15) is 5.10 Å². The van der Waals surface area contributed by atoms with E-state index in [4.69, 9.17) is 4.74 Å². The summed E-state index contributed by atoms with van der Waals surface area (Å²) in [5.74, 6) is 0. The lowest BCUT2D eigenvalue weighted by molar-refractivity contribution is 0.171. The molecule has 4 heteroatoms. The Kier molecular flexibility index (Phi) is 6.22. The summed E-state index contributed by atoms with van der Waals surface area (Å²) < 4.78 is 7.20. The highest BCUT2D eigenvalue weighted by Gasteiger charge is 2.05. The molecule has 0 amide bonds. The van der Waals surface area contributed by atoms with Crippen molar-refractivity contribution in [3.63, 3.8) is 0 Å². The van der Waals surface area contributed by atoms with Gasteiger partial charge in [-0.15, -0.1) is 0 Å². The molecule has 1 unspecified atom stereocenters. The SMILES string of the molecule is CCc1cc(CC)n(CCNC(C)COC)n1. The van der Waals surface area contributed by atoms with Crippen LogP contribution in [0.25, 0.3) is 0 Å². The first-order valence-corrected chi connectivity index (χ1v) is 6.49. The first-order chi connectivity index (χ1) is 8.21. The molecular formula is C13H25N3O. The predicted molar refractivity (Wildman–Crippen MR) is 70.3 cm³/mol. The van der Waals surface area contributed by atoms with Crippen LogP contribution in [-0.4, -0.2) is 36.1 Å². The molecule has 0 spiro atoms. The minimum absolute atomic E-state index is 0.395. The highest BCUT2D eigenvalue weighted by molar-refractivity contribution is 5.10. The normalized spacial score (nSPS) is 12.9. The van der Waals surface area contributed by atoms with Crippen molar-refractivity contribution in [1.29, 1.82) is 0 Å². The van der Waals surface area contributed by atoms with Crippen molar-refractivity contribution < 1.29 is 4.74 Å². The van der Waals surface area contributed by atoms with Crippen LogP contribution in [0.4, 0.5) is 0 Å². The second-order valence-electron chi connectivity index (χ2n) is 4.37. The van der Waals surface area contributed by atoms with Gasteiger partial charge in [0.1, 0.15) is 0 Å². The van der Waals surface area contributed by atoms with E-state index in [0.717, 1.165) is 32.5 Å². The summed E-state index contributed by atoms with van der Waals surface area (Å²) in [6, 6.07) is 2.60. The van der Waals surface area contributed by atoms with Gasteiger partial charge in [0.25, 0.3) is 0 Å².